The molecule has 0 amide bonds. The number of hydrogen-bond donors (Lipinski definition) is 2. The van der Waals surface area contributed by atoms with Crippen molar-refractivity contribution < 1.29 is 17.9 Å². The van der Waals surface area contributed by atoms with Crippen LogP contribution >= 0.6 is 0 Å². The summed E-state index contributed by atoms with van der Waals surface area (Å²) in [6.45, 7) is 3.40. The van der Waals surface area contributed by atoms with Gasteiger partial charge in [-0.1, -0.05) is 6.07 Å². The average Bonchev–Trinajstić information content (AvgIpc) is 3.33. The molecule has 4 aromatic rings. The van der Waals surface area contributed by atoms with E-state index in [4.69, 9.17) is 5.41 Å². The lowest BCUT2D eigenvalue weighted by atomic mass is 10.1. The molecule has 2 heterocycles. The highest BCUT2D eigenvalue weighted by molar-refractivity contribution is 5.98. The van der Waals surface area contributed by atoms with Crippen molar-refractivity contribution in [3.63, 3.8) is 0 Å². The van der Waals surface area contributed by atoms with Crippen molar-refractivity contribution >= 4 is 17.1 Å². The van der Waals surface area contributed by atoms with E-state index in [1.165, 1.54) is 42.1 Å². The van der Waals surface area contributed by atoms with Crippen LogP contribution in [0.15, 0.2) is 84.1 Å². The van der Waals surface area contributed by atoms with Gasteiger partial charge in [0.05, 0.1) is 17.1 Å². The molecule has 0 spiro atoms. The van der Waals surface area contributed by atoms with Gasteiger partial charge in [0, 0.05) is 42.1 Å². The summed E-state index contributed by atoms with van der Waals surface area (Å²) < 4.78 is 45.1. The summed E-state index contributed by atoms with van der Waals surface area (Å²) in [6.07, 6.45) is 1.55. The van der Waals surface area contributed by atoms with Crippen molar-refractivity contribution in [1.29, 1.82) is 5.41 Å². The van der Waals surface area contributed by atoms with E-state index in [-0.39, 0.29) is 22.8 Å². The Bertz CT molecular complexity index is 1490. The van der Waals surface area contributed by atoms with E-state index in [0.717, 1.165) is 23.4 Å². The summed E-state index contributed by atoms with van der Waals surface area (Å²) >= 11 is 0. The van der Waals surface area contributed by atoms with Crippen LogP contribution in [0.4, 0.5) is 18.9 Å². The molecule has 0 bridgehead atoms. The van der Waals surface area contributed by atoms with Crippen LogP contribution in [0.25, 0.3) is 17.1 Å². The van der Waals surface area contributed by atoms with Crippen LogP contribution in [0.1, 0.15) is 18.2 Å². The van der Waals surface area contributed by atoms with E-state index in [1.807, 2.05) is 37.4 Å². The Morgan fingerprint density at radius 2 is 1.89 bits per heavy atom. The minimum atomic E-state index is -4.84. The third-order valence-corrected chi connectivity index (χ3v) is 4.97. The van der Waals surface area contributed by atoms with E-state index in [1.54, 1.807) is 10.9 Å². The maximum absolute atomic E-state index is 12.8. The Labute approximate surface area is 203 Å². The number of nitrogens with zero attached hydrogens (tertiary/aromatic N) is 4. The Morgan fingerprint density at radius 1 is 1.08 bits per heavy atom. The van der Waals surface area contributed by atoms with Gasteiger partial charge in [-0.2, -0.15) is 10.2 Å². The number of aryl methyl sites for hydroxylation is 1. The predicted octanol–water partition coefficient (Wildman–Crippen LogP) is 5.12. The van der Waals surface area contributed by atoms with Crippen molar-refractivity contribution in [3.05, 3.63) is 101 Å². The zero-order valence-corrected chi connectivity index (χ0v) is 19.2. The third kappa shape index (κ3) is 5.87. The fourth-order valence-electron chi connectivity index (χ4n) is 3.50. The van der Waals surface area contributed by atoms with Crippen molar-refractivity contribution in [3.8, 4) is 17.1 Å². The van der Waals surface area contributed by atoms with Crippen LogP contribution in [0.2, 0.25) is 0 Å². The lowest BCUT2D eigenvalue weighted by Gasteiger charge is -2.15. The highest BCUT2D eigenvalue weighted by Gasteiger charge is 2.31. The second-order valence-corrected chi connectivity index (χ2v) is 7.84. The zero-order chi connectivity index (χ0) is 25.9. The van der Waals surface area contributed by atoms with Crippen LogP contribution in [0, 0.1) is 12.3 Å². The fourth-order valence-corrected chi connectivity index (χ4v) is 3.50. The molecule has 36 heavy (non-hydrogen) atoms. The molecule has 2 aromatic carbocycles. The first-order valence-corrected chi connectivity index (χ1v) is 10.7. The number of benzene rings is 2. The largest absolute Gasteiger partial charge is 0.573 e. The molecule has 184 valence electrons. The van der Waals surface area contributed by atoms with Crippen molar-refractivity contribution in [2.24, 2.45) is 0 Å². The molecule has 0 aliphatic carbocycles. The number of halogens is 3. The Kier molecular flexibility index (Phi) is 6.73. The maximum Gasteiger partial charge on any atom is 0.573 e. The molecule has 0 aliphatic rings. The first kappa shape index (κ1) is 24.5. The Morgan fingerprint density at radius 3 is 2.56 bits per heavy atom. The van der Waals surface area contributed by atoms with Gasteiger partial charge >= 0.3 is 6.36 Å². The highest BCUT2D eigenvalue weighted by Crippen LogP contribution is 2.26. The quantitative estimate of drug-likeness (QED) is 0.348. The molecule has 0 saturated heterocycles. The third-order valence-electron chi connectivity index (χ3n) is 4.97. The standard InChI is InChI=1S/C25H21F3N6O2/c1-16-13-19(33-11-4-10-30-33)7-8-22(16)34-12-9-23(35)24(32-34)21(14-17(2)29)31-18-5-3-6-20(15-18)36-25(26,27)28/h3-15,29,31H,1-2H3/b21-14-,29-17?. The summed E-state index contributed by atoms with van der Waals surface area (Å²) in [5.74, 6) is -0.426. The molecule has 0 fully saturated rings. The molecule has 2 N–H and O–H groups in total. The summed E-state index contributed by atoms with van der Waals surface area (Å²) in [6, 6.07) is 14.0. The van der Waals surface area contributed by atoms with Crippen LogP contribution in [-0.2, 0) is 0 Å². The fraction of sp³-hybridized carbons (Fsp3) is 0.120. The molecule has 0 saturated carbocycles. The number of rotatable bonds is 7. The number of anilines is 1. The van der Waals surface area contributed by atoms with Gasteiger partial charge < -0.3 is 15.5 Å². The van der Waals surface area contributed by atoms with E-state index >= 15 is 0 Å². The molecule has 4 rings (SSSR count). The molecule has 0 radical (unpaired) electrons. The number of aromatic nitrogens is 4. The number of nitrogens with one attached hydrogen (secondary N) is 2. The van der Waals surface area contributed by atoms with Crippen molar-refractivity contribution in [2.45, 2.75) is 20.2 Å². The normalized spacial score (nSPS) is 11.9. The monoisotopic (exact) mass is 494 g/mol. The first-order chi connectivity index (χ1) is 17.1. The zero-order valence-electron chi connectivity index (χ0n) is 19.2. The lowest BCUT2D eigenvalue weighted by molar-refractivity contribution is -0.274. The van der Waals surface area contributed by atoms with Gasteiger partial charge in [-0.25, -0.2) is 9.36 Å². The highest BCUT2D eigenvalue weighted by atomic mass is 19.4. The molecule has 11 heteroatoms. The second-order valence-electron chi connectivity index (χ2n) is 7.84. The maximum atomic E-state index is 12.8. The van der Waals surface area contributed by atoms with E-state index in [0.29, 0.717) is 5.69 Å². The first-order valence-electron chi connectivity index (χ1n) is 10.7. The van der Waals surface area contributed by atoms with Gasteiger partial charge in [-0.05, 0) is 61.9 Å². The molecule has 8 nitrogen and oxygen atoms in total. The molecule has 0 unspecified atom stereocenters. The SMILES string of the molecule is CC(=N)/C=C(\Nc1cccc(OC(F)(F)F)c1)c1nn(-c2ccc(-n3cccn3)cc2C)ccc1=O. The number of ether oxygens (including phenoxy) is 1. The summed E-state index contributed by atoms with van der Waals surface area (Å²) in [4.78, 5) is 12.8. The molecular formula is C25H21F3N6O2. The minimum Gasteiger partial charge on any atom is -0.406 e. The van der Waals surface area contributed by atoms with Crippen LogP contribution in [0.3, 0.4) is 0 Å². The van der Waals surface area contributed by atoms with Gasteiger partial charge in [-0.3, -0.25) is 4.79 Å². The molecule has 0 aliphatic heterocycles. The Hall–Kier alpha value is -4.67. The van der Waals surface area contributed by atoms with Crippen molar-refractivity contribution in [2.75, 3.05) is 5.32 Å². The average molecular weight is 494 g/mol. The van der Waals surface area contributed by atoms with Gasteiger partial charge in [0.2, 0.25) is 5.43 Å². The van der Waals surface area contributed by atoms with Gasteiger partial charge in [0.1, 0.15) is 5.75 Å². The lowest BCUT2D eigenvalue weighted by Crippen LogP contribution is -2.19. The van der Waals surface area contributed by atoms with Gasteiger partial charge in [0.15, 0.2) is 5.69 Å². The molecular weight excluding hydrogens is 473 g/mol. The van der Waals surface area contributed by atoms with Crippen molar-refractivity contribution in [1.82, 2.24) is 19.6 Å². The summed E-state index contributed by atoms with van der Waals surface area (Å²) in [5, 5.41) is 19.5. The van der Waals surface area contributed by atoms with Gasteiger partial charge in [0.25, 0.3) is 0 Å². The molecule has 2 aromatic heterocycles. The topological polar surface area (TPSA) is 97.8 Å². The summed E-state index contributed by atoms with van der Waals surface area (Å²) in [5.41, 5.74) is 2.46. The minimum absolute atomic E-state index is 0.0122. The summed E-state index contributed by atoms with van der Waals surface area (Å²) in [7, 11) is 0. The number of hydrogen-bond acceptors (Lipinski definition) is 6. The van der Waals surface area contributed by atoms with Crippen LogP contribution < -0.4 is 15.5 Å². The van der Waals surface area contributed by atoms with Gasteiger partial charge in [-0.15, -0.1) is 13.2 Å². The second kappa shape index (κ2) is 9.90. The van der Waals surface area contributed by atoms with E-state index in [2.05, 4.69) is 20.3 Å². The smallest absolute Gasteiger partial charge is 0.406 e. The number of allylic oxidation sites excluding steroid dienone is 1. The van der Waals surface area contributed by atoms with E-state index < -0.39 is 17.5 Å². The van der Waals surface area contributed by atoms with E-state index in [9.17, 15) is 18.0 Å². The number of alkyl halides is 3. The predicted molar refractivity (Wildman–Crippen MR) is 130 cm³/mol. The molecule has 0 atom stereocenters. The van der Waals surface area contributed by atoms with Crippen LogP contribution in [-0.4, -0.2) is 31.6 Å². The Balaban J connectivity index is 1.71. The van der Waals surface area contributed by atoms with Crippen LogP contribution in [0.5, 0.6) is 5.75 Å².